The Hall–Kier alpha value is -1.43. The summed E-state index contributed by atoms with van der Waals surface area (Å²) in [6, 6.07) is -0.470. The van der Waals surface area contributed by atoms with Gasteiger partial charge in [-0.2, -0.15) is 0 Å². The smallest absolute Gasteiger partial charge is 0.249 e. The molecule has 0 spiro atoms. The fourth-order valence-electron chi connectivity index (χ4n) is 1.35. The number of aromatic nitrogens is 1. The van der Waals surface area contributed by atoms with Gasteiger partial charge >= 0.3 is 0 Å². The minimum Gasteiger partial charge on any atom is -0.349 e. The second-order valence-electron chi connectivity index (χ2n) is 3.47. The van der Waals surface area contributed by atoms with E-state index in [-0.39, 0.29) is 18.2 Å². The molecule has 1 aromatic rings. The summed E-state index contributed by atoms with van der Waals surface area (Å²) in [4.78, 5) is 27.6. The minimum atomic E-state index is -0.470. The molecular formula is C9H11N3O2S. The second-order valence-corrected chi connectivity index (χ2v) is 4.68. The van der Waals surface area contributed by atoms with E-state index in [1.54, 1.807) is 0 Å². The van der Waals surface area contributed by atoms with E-state index in [2.05, 4.69) is 15.6 Å². The summed E-state index contributed by atoms with van der Waals surface area (Å²) in [6.07, 6.45) is 0.191. The lowest BCUT2D eigenvalue weighted by molar-refractivity contribution is -0.124. The summed E-state index contributed by atoms with van der Waals surface area (Å²) in [5.74, 6) is -0.506. The molecule has 0 radical (unpaired) electrons. The Morgan fingerprint density at radius 3 is 2.67 bits per heavy atom. The molecule has 1 atom stereocenters. The van der Waals surface area contributed by atoms with Crippen molar-refractivity contribution in [2.75, 3.05) is 5.32 Å². The highest BCUT2D eigenvalue weighted by atomic mass is 32.1. The number of anilines is 1. The van der Waals surface area contributed by atoms with Crippen molar-refractivity contribution in [2.45, 2.75) is 26.3 Å². The molecule has 5 nitrogen and oxygen atoms in total. The maximum absolute atomic E-state index is 11.3. The molecule has 0 aromatic carbocycles. The predicted octanol–water partition coefficient (Wildman–Crippen LogP) is 0.587. The van der Waals surface area contributed by atoms with Crippen LogP contribution < -0.4 is 10.6 Å². The molecular weight excluding hydrogens is 214 g/mol. The van der Waals surface area contributed by atoms with Crippen molar-refractivity contribution in [2.24, 2.45) is 0 Å². The Bertz CT molecular complexity index is 407. The highest BCUT2D eigenvalue weighted by Gasteiger charge is 2.30. The van der Waals surface area contributed by atoms with Crippen LogP contribution in [0, 0.1) is 13.8 Å². The van der Waals surface area contributed by atoms with E-state index in [1.165, 1.54) is 11.3 Å². The summed E-state index contributed by atoms with van der Waals surface area (Å²) >= 11 is 1.49. The van der Waals surface area contributed by atoms with E-state index in [9.17, 15) is 9.59 Å². The topological polar surface area (TPSA) is 71.1 Å². The molecule has 1 aromatic heterocycles. The molecule has 1 saturated heterocycles. The lowest BCUT2D eigenvalue weighted by Crippen LogP contribution is -2.29. The van der Waals surface area contributed by atoms with Crippen LogP contribution in [-0.4, -0.2) is 22.8 Å². The van der Waals surface area contributed by atoms with Crippen molar-refractivity contribution in [1.82, 2.24) is 10.3 Å². The first-order valence-corrected chi connectivity index (χ1v) is 5.42. The Balaban J connectivity index is 2.09. The monoisotopic (exact) mass is 225 g/mol. The lowest BCUT2D eigenvalue weighted by Gasteiger charge is -2.05. The minimum absolute atomic E-state index is 0.191. The number of carbonyl (C=O) groups is 2. The normalized spacial score (nSPS) is 20.5. The number of amides is 2. The molecule has 1 unspecified atom stereocenters. The molecule has 80 valence electrons. The quantitative estimate of drug-likeness (QED) is 0.722. The Kier molecular flexibility index (Phi) is 2.44. The van der Waals surface area contributed by atoms with E-state index >= 15 is 0 Å². The van der Waals surface area contributed by atoms with Crippen molar-refractivity contribution in [3.63, 3.8) is 0 Å². The van der Waals surface area contributed by atoms with E-state index in [0.29, 0.717) is 5.13 Å². The SMILES string of the molecule is Cc1nc(NC2CC(=O)NC2=O)sc1C. The zero-order chi connectivity index (χ0) is 11.0. The summed E-state index contributed by atoms with van der Waals surface area (Å²) in [6.45, 7) is 3.88. The van der Waals surface area contributed by atoms with Gasteiger partial charge in [0.15, 0.2) is 5.13 Å². The maximum Gasteiger partial charge on any atom is 0.249 e. The van der Waals surface area contributed by atoms with Crippen LogP contribution >= 0.6 is 11.3 Å². The average molecular weight is 225 g/mol. The van der Waals surface area contributed by atoms with Crippen molar-refractivity contribution in [3.8, 4) is 0 Å². The number of imide groups is 1. The Morgan fingerprint density at radius 1 is 1.47 bits per heavy atom. The number of hydrogen-bond acceptors (Lipinski definition) is 5. The second kappa shape index (κ2) is 3.62. The zero-order valence-electron chi connectivity index (χ0n) is 8.46. The molecule has 1 aliphatic heterocycles. The molecule has 2 rings (SSSR count). The first-order valence-electron chi connectivity index (χ1n) is 4.60. The molecule has 2 N–H and O–H groups in total. The van der Waals surface area contributed by atoms with Crippen molar-refractivity contribution >= 4 is 28.3 Å². The lowest BCUT2D eigenvalue weighted by atomic mass is 10.2. The van der Waals surface area contributed by atoms with E-state index in [1.807, 2.05) is 13.8 Å². The molecule has 1 fully saturated rings. The third-order valence-corrected chi connectivity index (χ3v) is 3.30. The number of nitrogens with one attached hydrogen (secondary N) is 2. The first-order chi connectivity index (χ1) is 7.06. The van der Waals surface area contributed by atoms with Gasteiger partial charge in [-0.15, -0.1) is 11.3 Å². The number of carbonyl (C=O) groups excluding carboxylic acids is 2. The molecule has 1 aliphatic rings. The fourth-order valence-corrected chi connectivity index (χ4v) is 2.22. The van der Waals surface area contributed by atoms with Crippen molar-refractivity contribution < 1.29 is 9.59 Å². The van der Waals surface area contributed by atoms with Gasteiger partial charge in [-0.25, -0.2) is 4.98 Å². The van der Waals surface area contributed by atoms with Gasteiger partial charge in [0.05, 0.1) is 12.1 Å². The number of rotatable bonds is 2. The predicted molar refractivity (Wildman–Crippen MR) is 56.8 cm³/mol. The van der Waals surface area contributed by atoms with Crippen molar-refractivity contribution in [3.05, 3.63) is 10.6 Å². The van der Waals surface area contributed by atoms with Crippen LogP contribution in [0.1, 0.15) is 17.0 Å². The number of hydrogen-bond donors (Lipinski definition) is 2. The first kappa shape index (κ1) is 10.1. The maximum atomic E-state index is 11.3. The van der Waals surface area contributed by atoms with Crippen LogP contribution in [0.15, 0.2) is 0 Å². The highest BCUT2D eigenvalue weighted by Crippen LogP contribution is 2.22. The van der Waals surface area contributed by atoms with Crippen LogP contribution in [0.5, 0.6) is 0 Å². The Morgan fingerprint density at radius 2 is 2.20 bits per heavy atom. The number of aryl methyl sites for hydroxylation is 2. The van der Waals surface area contributed by atoms with Crippen LogP contribution in [0.3, 0.4) is 0 Å². The van der Waals surface area contributed by atoms with Gasteiger partial charge in [-0.3, -0.25) is 14.9 Å². The van der Waals surface area contributed by atoms with Crippen LogP contribution in [0.2, 0.25) is 0 Å². The third-order valence-electron chi connectivity index (χ3n) is 2.29. The molecule has 2 amide bonds. The number of nitrogens with zero attached hydrogens (tertiary/aromatic N) is 1. The average Bonchev–Trinajstić information content (AvgIpc) is 2.59. The molecule has 0 bridgehead atoms. The molecule has 2 heterocycles. The summed E-state index contributed by atoms with van der Waals surface area (Å²) in [7, 11) is 0. The largest absolute Gasteiger partial charge is 0.349 e. The zero-order valence-corrected chi connectivity index (χ0v) is 9.27. The standard InChI is InChI=1S/C9H11N3O2S/c1-4-5(2)15-9(10-4)11-6-3-7(13)12-8(6)14/h6H,3H2,1-2H3,(H,10,11)(H,12,13,14). The van der Waals surface area contributed by atoms with Crippen LogP contribution in [-0.2, 0) is 9.59 Å². The Labute approximate surface area is 90.9 Å². The van der Waals surface area contributed by atoms with Gasteiger partial charge in [-0.05, 0) is 13.8 Å². The molecule has 0 aliphatic carbocycles. The molecule has 6 heteroatoms. The third kappa shape index (κ3) is 1.99. The van der Waals surface area contributed by atoms with Gasteiger partial charge in [0, 0.05) is 4.88 Å². The van der Waals surface area contributed by atoms with E-state index in [0.717, 1.165) is 10.6 Å². The van der Waals surface area contributed by atoms with Gasteiger partial charge in [0.25, 0.3) is 0 Å². The van der Waals surface area contributed by atoms with Gasteiger partial charge < -0.3 is 5.32 Å². The van der Waals surface area contributed by atoms with E-state index < -0.39 is 6.04 Å². The van der Waals surface area contributed by atoms with Gasteiger partial charge in [0.2, 0.25) is 11.8 Å². The summed E-state index contributed by atoms with van der Waals surface area (Å²) in [5.41, 5.74) is 0.951. The fraction of sp³-hybridized carbons (Fsp3) is 0.444. The van der Waals surface area contributed by atoms with Crippen LogP contribution in [0.25, 0.3) is 0 Å². The van der Waals surface area contributed by atoms with Crippen LogP contribution in [0.4, 0.5) is 5.13 Å². The van der Waals surface area contributed by atoms with Gasteiger partial charge in [-0.1, -0.05) is 0 Å². The van der Waals surface area contributed by atoms with Gasteiger partial charge in [0.1, 0.15) is 6.04 Å². The molecule has 0 saturated carbocycles. The summed E-state index contributed by atoms with van der Waals surface area (Å²) < 4.78 is 0. The number of thiazole rings is 1. The molecule has 15 heavy (non-hydrogen) atoms. The van der Waals surface area contributed by atoms with E-state index in [4.69, 9.17) is 0 Å². The summed E-state index contributed by atoms with van der Waals surface area (Å²) in [5, 5.41) is 5.90. The highest BCUT2D eigenvalue weighted by molar-refractivity contribution is 7.15. The van der Waals surface area contributed by atoms with Crippen molar-refractivity contribution in [1.29, 1.82) is 0 Å².